The molecule has 32 heavy (non-hydrogen) atoms. The Labute approximate surface area is 194 Å². The maximum atomic E-state index is 12.5. The summed E-state index contributed by atoms with van der Waals surface area (Å²) in [5, 5.41) is 0. The Morgan fingerprint density at radius 1 is 0.906 bits per heavy atom. The highest BCUT2D eigenvalue weighted by atomic mass is 32.2. The molecule has 1 amide bonds. The van der Waals surface area contributed by atoms with Gasteiger partial charge in [-0.3, -0.25) is 4.79 Å². The number of benzene rings is 2. The third kappa shape index (κ3) is 6.19. The fraction of sp³-hybridized carbons (Fsp3) is 0.440. The van der Waals surface area contributed by atoms with Crippen molar-refractivity contribution < 1.29 is 19.1 Å². The fourth-order valence-corrected chi connectivity index (χ4v) is 4.55. The third-order valence-corrected chi connectivity index (χ3v) is 6.56. The summed E-state index contributed by atoms with van der Waals surface area (Å²) in [4.78, 5) is 30.6. The van der Waals surface area contributed by atoms with Gasteiger partial charge in [0.15, 0.2) is 0 Å². The van der Waals surface area contributed by atoms with E-state index in [-0.39, 0.29) is 11.9 Å². The molecule has 6 nitrogen and oxygen atoms in total. The molecule has 2 aromatic carbocycles. The molecule has 1 aliphatic rings. The van der Waals surface area contributed by atoms with E-state index >= 15 is 0 Å². The molecule has 1 fully saturated rings. The van der Waals surface area contributed by atoms with Gasteiger partial charge in [0.1, 0.15) is 0 Å². The first kappa shape index (κ1) is 24.0. The number of rotatable bonds is 6. The minimum atomic E-state index is -0.898. The molecule has 1 aliphatic heterocycles. The van der Waals surface area contributed by atoms with Crippen molar-refractivity contribution in [3.63, 3.8) is 0 Å². The van der Waals surface area contributed by atoms with Gasteiger partial charge in [0.2, 0.25) is 6.29 Å². The van der Waals surface area contributed by atoms with Crippen molar-refractivity contribution in [3.05, 3.63) is 53.6 Å². The van der Waals surface area contributed by atoms with Crippen molar-refractivity contribution in [1.82, 2.24) is 4.90 Å². The Morgan fingerprint density at radius 3 is 2.25 bits per heavy atom. The lowest BCUT2D eigenvalue weighted by molar-refractivity contribution is -0.169. The number of hydrogen-bond donors (Lipinski definition) is 0. The quantitative estimate of drug-likeness (QED) is 0.437. The summed E-state index contributed by atoms with van der Waals surface area (Å²) >= 11 is 1.77. The summed E-state index contributed by atoms with van der Waals surface area (Å²) in [7, 11) is 0. The molecule has 1 unspecified atom stereocenters. The number of nitrogens with zero attached hydrogens (tertiary/aromatic N) is 2. The molecule has 172 valence electrons. The van der Waals surface area contributed by atoms with Gasteiger partial charge in [0, 0.05) is 42.9 Å². The normalized spacial score (nSPS) is 14.9. The topological polar surface area (TPSA) is 59.1 Å². The molecule has 1 saturated heterocycles. The summed E-state index contributed by atoms with van der Waals surface area (Å²) in [5.41, 5.74) is 3.70. The van der Waals surface area contributed by atoms with Crippen molar-refractivity contribution in [2.45, 2.75) is 50.7 Å². The fourth-order valence-electron chi connectivity index (χ4n) is 3.51. The van der Waals surface area contributed by atoms with Crippen LogP contribution in [0.4, 0.5) is 10.5 Å². The highest BCUT2D eigenvalue weighted by Gasteiger charge is 2.26. The number of carbonyl (C=O) groups excluding carboxylic acids is 2. The molecule has 0 aliphatic carbocycles. The Bertz CT molecular complexity index is 955. The maximum absolute atomic E-state index is 12.5. The minimum absolute atomic E-state index is 0.263. The van der Waals surface area contributed by atoms with E-state index in [9.17, 15) is 9.59 Å². The summed E-state index contributed by atoms with van der Waals surface area (Å²) in [6.45, 7) is 11.8. The zero-order chi connectivity index (χ0) is 23.3. The van der Waals surface area contributed by atoms with Crippen molar-refractivity contribution in [1.29, 1.82) is 0 Å². The SMILES string of the molecule is Cc1ccc(Sc2ccccc2N2CCN(C(=O)OC(C)OC(=O)C(C)C)CC2)c(C)c1. The molecule has 7 heteroatoms. The molecule has 0 spiro atoms. The van der Waals surface area contributed by atoms with Crippen molar-refractivity contribution in [2.75, 3.05) is 31.1 Å². The second-order valence-corrected chi connectivity index (χ2v) is 9.44. The number of amides is 1. The molecule has 2 aromatic rings. The highest BCUT2D eigenvalue weighted by Crippen LogP contribution is 2.37. The van der Waals surface area contributed by atoms with Crippen LogP contribution in [0.25, 0.3) is 0 Å². The second kappa shape index (κ2) is 10.8. The van der Waals surface area contributed by atoms with Gasteiger partial charge >= 0.3 is 12.1 Å². The number of aryl methyl sites for hydroxylation is 2. The molecule has 0 N–H and O–H groups in total. The highest BCUT2D eigenvalue weighted by molar-refractivity contribution is 7.99. The van der Waals surface area contributed by atoms with E-state index in [1.54, 1.807) is 37.4 Å². The predicted molar refractivity (Wildman–Crippen MR) is 127 cm³/mol. The zero-order valence-corrected chi connectivity index (χ0v) is 20.3. The maximum Gasteiger partial charge on any atom is 0.412 e. The number of ether oxygens (including phenoxy) is 2. The van der Waals surface area contributed by atoms with E-state index < -0.39 is 12.4 Å². The Hall–Kier alpha value is -2.67. The summed E-state index contributed by atoms with van der Waals surface area (Å²) in [5.74, 6) is -0.644. The smallest absolute Gasteiger partial charge is 0.412 e. The number of carbonyl (C=O) groups is 2. The van der Waals surface area contributed by atoms with E-state index in [2.05, 4.69) is 55.1 Å². The lowest BCUT2D eigenvalue weighted by Crippen LogP contribution is -2.49. The van der Waals surface area contributed by atoms with E-state index in [0.717, 1.165) is 0 Å². The molecule has 0 bridgehead atoms. The average molecular weight is 457 g/mol. The van der Waals surface area contributed by atoms with Crippen LogP contribution in [0.3, 0.4) is 0 Å². The van der Waals surface area contributed by atoms with Crippen LogP contribution in [-0.2, 0) is 14.3 Å². The van der Waals surface area contributed by atoms with Crippen molar-refractivity contribution in [3.8, 4) is 0 Å². The summed E-state index contributed by atoms with van der Waals surface area (Å²) in [6.07, 6.45) is -1.35. The van der Waals surface area contributed by atoms with Gasteiger partial charge in [-0.25, -0.2) is 4.79 Å². The van der Waals surface area contributed by atoms with Crippen molar-refractivity contribution >= 4 is 29.5 Å². The Morgan fingerprint density at radius 2 is 1.59 bits per heavy atom. The molecule has 1 atom stereocenters. The largest absolute Gasteiger partial charge is 0.425 e. The Balaban J connectivity index is 1.59. The van der Waals surface area contributed by atoms with Gasteiger partial charge in [-0.1, -0.05) is 55.4 Å². The number of para-hydroxylation sites is 1. The van der Waals surface area contributed by atoms with Crippen LogP contribution in [0.2, 0.25) is 0 Å². The van der Waals surface area contributed by atoms with Crippen LogP contribution in [0.5, 0.6) is 0 Å². The van der Waals surface area contributed by atoms with Gasteiger partial charge in [-0.2, -0.15) is 0 Å². The van der Waals surface area contributed by atoms with E-state index in [0.29, 0.717) is 26.2 Å². The molecule has 1 heterocycles. The first-order valence-electron chi connectivity index (χ1n) is 11.0. The Kier molecular flexibility index (Phi) is 8.07. The summed E-state index contributed by atoms with van der Waals surface area (Å²) < 4.78 is 10.4. The molecular formula is C25H32N2O4S. The number of piperazine rings is 1. The number of anilines is 1. The van der Waals surface area contributed by atoms with Crippen LogP contribution < -0.4 is 4.90 Å². The van der Waals surface area contributed by atoms with Gasteiger partial charge in [0.05, 0.1) is 11.6 Å². The first-order valence-corrected chi connectivity index (χ1v) is 11.8. The van der Waals surface area contributed by atoms with Gasteiger partial charge in [0.25, 0.3) is 0 Å². The number of esters is 1. The van der Waals surface area contributed by atoms with Gasteiger partial charge in [-0.05, 0) is 37.6 Å². The van der Waals surface area contributed by atoms with Gasteiger partial charge < -0.3 is 19.3 Å². The van der Waals surface area contributed by atoms with E-state index in [1.807, 2.05) is 6.07 Å². The standard InChI is InChI=1S/C25H32N2O4S/c1-17(2)24(28)30-20(5)31-25(29)27-14-12-26(13-15-27)21-8-6-7-9-23(21)32-22-11-10-18(3)16-19(22)4/h6-11,16-17,20H,12-15H2,1-5H3. The zero-order valence-electron chi connectivity index (χ0n) is 19.5. The van der Waals surface area contributed by atoms with Crippen LogP contribution in [-0.4, -0.2) is 49.4 Å². The monoisotopic (exact) mass is 456 g/mol. The van der Waals surface area contributed by atoms with Crippen molar-refractivity contribution in [2.24, 2.45) is 5.92 Å². The third-order valence-electron chi connectivity index (χ3n) is 5.31. The minimum Gasteiger partial charge on any atom is -0.425 e. The second-order valence-electron chi connectivity index (χ2n) is 8.36. The van der Waals surface area contributed by atoms with E-state index in [4.69, 9.17) is 9.47 Å². The first-order chi connectivity index (χ1) is 15.2. The average Bonchev–Trinajstić information content (AvgIpc) is 2.76. The molecule has 0 aromatic heterocycles. The van der Waals surface area contributed by atoms with Crippen LogP contribution in [0.1, 0.15) is 31.9 Å². The van der Waals surface area contributed by atoms with Crippen LogP contribution in [0, 0.1) is 19.8 Å². The lowest BCUT2D eigenvalue weighted by Gasteiger charge is -2.36. The molecular weight excluding hydrogens is 424 g/mol. The summed E-state index contributed by atoms with van der Waals surface area (Å²) in [6, 6.07) is 14.9. The lowest BCUT2D eigenvalue weighted by atomic mass is 10.2. The van der Waals surface area contributed by atoms with E-state index in [1.165, 1.54) is 26.6 Å². The van der Waals surface area contributed by atoms with Crippen LogP contribution >= 0.6 is 11.8 Å². The molecule has 3 rings (SSSR count). The molecule has 0 saturated carbocycles. The predicted octanol–water partition coefficient (Wildman–Crippen LogP) is 5.26. The van der Waals surface area contributed by atoms with Gasteiger partial charge in [-0.15, -0.1) is 0 Å². The number of hydrogen-bond acceptors (Lipinski definition) is 6. The molecule has 0 radical (unpaired) electrons. The van der Waals surface area contributed by atoms with Crippen LogP contribution in [0.15, 0.2) is 52.3 Å².